The van der Waals surface area contributed by atoms with Crippen molar-refractivity contribution < 1.29 is 32.9 Å². The fraction of sp³-hybridized carbons (Fsp3) is 0.269. The Kier molecular flexibility index (Phi) is 7.83. The van der Waals surface area contributed by atoms with E-state index in [1.54, 1.807) is 61.7 Å². The molecule has 3 aromatic carbocycles. The van der Waals surface area contributed by atoms with Crippen LogP contribution in [0.5, 0.6) is 11.5 Å². The number of anilines is 1. The SMILES string of the molecule is COc1ccc2cc(N(C3CCN(C(Cc4ccc(C(=N)N)cc4)C(=O)O)C3=O)S(=O)O)cc(OC)c2c1. The zero-order valence-electron chi connectivity index (χ0n) is 20.8. The summed E-state index contributed by atoms with van der Waals surface area (Å²) in [5.41, 5.74) is 6.92. The number of carbonyl (C=O) groups excluding carboxylic acids is 1. The quantitative estimate of drug-likeness (QED) is 0.173. The number of aliphatic carboxylic acids is 1. The van der Waals surface area contributed by atoms with Crippen LogP contribution in [0.3, 0.4) is 0 Å². The molecule has 0 saturated carbocycles. The smallest absolute Gasteiger partial charge is 0.326 e. The van der Waals surface area contributed by atoms with Gasteiger partial charge in [-0.15, -0.1) is 0 Å². The molecule has 0 bridgehead atoms. The highest BCUT2D eigenvalue weighted by Crippen LogP contribution is 2.36. The van der Waals surface area contributed by atoms with Crippen molar-refractivity contribution in [3.8, 4) is 11.5 Å². The molecular weight excluding hydrogens is 512 g/mol. The van der Waals surface area contributed by atoms with E-state index in [1.165, 1.54) is 12.0 Å². The third-order valence-electron chi connectivity index (χ3n) is 6.60. The van der Waals surface area contributed by atoms with Crippen molar-refractivity contribution in [2.24, 2.45) is 5.73 Å². The Bertz CT molecular complexity index is 1410. The molecule has 38 heavy (non-hydrogen) atoms. The molecule has 1 fully saturated rings. The number of benzene rings is 3. The predicted octanol–water partition coefficient (Wildman–Crippen LogP) is 2.38. The number of carbonyl (C=O) groups is 2. The first-order chi connectivity index (χ1) is 18.1. The minimum absolute atomic E-state index is 0.0276. The average Bonchev–Trinajstić information content (AvgIpc) is 3.26. The Balaban J connectivity index is 1.64. The second-order valence-corrected chi connectivity index (χ2v) is 9.65. The summed E-state index contributed by atoms with van der Waals surface area (Å²) in [6.07, 6.45) is 0.182. The molecule has 3 unspecified atom stereocenters. The summed E-state index contributed by atoms with van der Waals surface area (Å²) in [7, 11) is 3.02. The van der Waals surface area contributed by atoms with Gasteiger partial charge >= 0.3 is 5.97 Å². The Morgan fingerprint density at radius 3 is 2.47 bits per heavy atom. The summed E-state index contributed by atoms with van der Waals surface area (Å²) in [6, 6.07) is 12.9. The zero-order chi connectivity index (χ0) is 27.6. The van der Waals surface area contributed by atoms with Crippen LogP contribution in [0.4, 0.5) is 5.69 Å². The van der Waals surface area contributed by atoms with E-state index in [0.717, 1.165) is 9.69 Å². The van der Waals surface area contributed by atoms with E-state index in [2.05, 4.69) is 0 Å². The first-order valence-corrected chi connectivity index (χ1v) is 12.7. The molecule has 11 nitrogen and oxygen atoms in total. The summed E-state index contributed by atoms with van der Waals surface area (Å²) < 4.78 is 34.6. The number of nitrogens with one attached hydrogen (secondary N) is 1. The standard InChI is InChI=1S/C26H28N4O7S/c1-36-19-8-7-17-12-18(13-23(37-2)20(17)14-19)30(38(34)35)21-9-10-29(25(21)31)22(26(32)33)11-15-3-5-16(6-4-15)24(27)28/h3-8,12-14,21-22H,9-11H2,1-2H3,(H3,27,28)(H,32,33)(H,34,35). The monoisotopic (exact) mass is 540 g/mol. The molecule has 3 aromatic rings. The molecule has 0 radical (unpaired) electrons. The molecule has 5 N–H and O–H groups in total. The Morgan fingerprint density at radius 2 is 1.89 bits per heavy atom. The fourth-order valence-corrected chi connectivity index (χ4v) is 5.38. The second kappa shape index (κ2) is 11.1. The van der Waals surface area contributed by atoms with Crippen molar-refractivity contribution in [1.82, 2.24) is 4.90 Å². The van der Waals surface area contributed by atoms with Gasteiger partial charge in [-0.05, 0) is 35.6 Å². The van der Waals surface area contributed by atoms with E-state index in [0.29, 0.717) is 28.0 Å². The van der Waals surface area contributed by atoms with Crippen LogP contribution >= 0.6 is 0 Å². The minimum Gasteiger partial charge on any atom is -0.497 e. The van der Waals surface area contributed by atoms with E-state index in [9.17, 15) is 23.5 Å². The van der Waals surface area contributed by atoms with Gasteiger partial charge in [0.25, 0.3) is 11.3 Å². The number of fused-ring (bicyclic) bond motifs is 1. The number of amides is 1. The highest BCUT2D eigenvalue weighted by atomic mass is 32.2. The third kappa shape index (κ3) is 5.27. The Hall–Kier alpha value is -4.16. The molecule has 12 heteroatoms. The van der Waals surface area contributed by atoms with Crippen LogP contribution in [0.15, 0.2) is 54.6 Å². The molecule has 0 spiro atoms. The van der Waals surface area contributed by atoms with Crippen LogP contribution in [0.25, 0.3) is 10.8 Å². The molecule has 0 aliphatic carbocycles. The van der Waals surface area contributed by atoms with E-state index >= 15 is 0 Å². The van der Waals surface area contributed by atoms with Crippen molar-refractivity contribution >= 4 is 45.4 Å². The number of methoxy groups -OCH3 is 2. The highest BCUT2D eigenvalue weighted by Gasteiger charge is 2.43. The van der Waals surface area contributed by atoms with Gasteiger partial charge in [-0.3, -0.25) is 19.1 Å². The fourth-order valence-electron chi connectivity index (χ4n) is 4.68. The van der Waals surface area contributed by atoms with Gasteiger partial charge in [0, 0.05) is 30.0 Å². The number of nitrogens with zero attached hydrogens (tertiary/aromatic N) is 2. The Labute approximate surface area is 221 Å². The van der Waals surface area contributed by atoms with Gasteiger partial charge in [0.2, 0.25) is 5.91 Å². The molecule has 0 aromatic heterocycles. The van der Waals surface area contributed by atoms with Gasteiger partial charge in [-0.1, -0.05) is 30.3 Å². The van der Waals surface area contributed by atoms with Gasteiger partial charge in [-0.2, -0.15) is 0 Å². The van der Waals surface area contributed by atoms with Crippen molar-refractivity contribution in [2.75, 3.05) is 25.1 Å². The van der Waals surface area contributed by atoms with E-state index in [4.69, 9.17) is 20.6 Å². The molecule has 1 aliphatic heterocycles. The van der Waals surface area contributed by atoms with Crippen LogP contribution in [0.1, 0.15) is 17.5 Å². The largest absolute Gasteiger partial charge is 0.497 e. The van der Waals surface area contributed by atoms with E-state index < -0.39 is 35.2 Å². The van der Waals surface area contributed by atoms with Gasteiger partial charge in [-0.25, -0.2) is 9.00 Å². The number of hydrogen-bond acceptors (Lipinski definition) is 6. The first-order valence-electron chi connectivity index (χ1n) is 11.7. The lowest BCUT2D eigenvalue weighted by molar-refractivity contribution is -0.148. The number of rotatable bonds is 10. The van der Waals surface area contributed by atoms with Crippen LogP contribution < -0.4 is 19.5 Å². The average molecular weight is 541 g/mol. The maximum Gasteiger partial charge on any atom is 0.326 e. The lowest BCUT2D eigenvalue weighted by atomic mass is 10.0. The van der Waals surface area contributed by atoms with Gasteiger partial charge in [0.1, 0.15) is 29.4 Å². The van der Waals surface area contributed by atoms with Crippen LogP contribution in [0, 0.1) is 5.41 Å². The number of hydrogen-bond donors (Lipinski definition) is 4. The summed E-state index contributed by atoms with van der Waals surface area (Å²) in [6.45, 7) is 0.0988. The molecule has 3 atom stereocenters. The lowest BCUT2D eigenvalue weighted by Crippen LogP contribution is -2.48. The number of nitrogens with two attached hydrogens (primary N) is 1. The summed E-state index contributed by atoms with van der Waals surface area (Å²) in [4.78, 5) is 26.9. The van der Waals surface area contributed by atoms with Gasteiger partial charge < -0.3 is 25.2 Å². The van der Waals surface area contributed by atoms with Gasteiger partial charge in [0.15, 0.2) is 0 Å². The van der Waals surface area contributed by atoms with Crippen LogP contribution in [0.2, 0.25) is 0 Å². The molecule has 200 valence electrons. The molecule has 4 rings (SSSR count). The summed E-state index contributed by atoms with van der Waals surface area (Å²) in [5, 5.41) is 18.9. The Morgan fingerprint density at radius 1 is 1.18 bits per heavy atom. The number of carboxylic acids is 1. The van der Waals surface area contributed by atoms with Crippen molar-refractivity contribution in [3.05, 3.63) is 65.7 Å². The van der Waals surface area contributed by atoms with Crippen LogP contribution in [-0.2, 0) is 27.3 Å². The maximum atomic E-state index is 13.5. The molecule has 1 aliphatic rings. The summed E-state index contributed by atoms with van der Waals surface area (Å²) in [5.74, 6) is -0.818. The predicted molar refractivity (Wildman–Crippen MR) is 143 cm³/mol. The third-order valence-corrected chi connectivity index (χ3v) is 7.40. The van der Waals surface area contributed by atoms with E-state index in [-0.39, 0.29) is 30.9 Å². The highest BCUT2D eigenvalue weighted by molar-refractivity contribution is 7.80. The maximum absolute atomic E-state index is 13.5. The normalized spacial score (nSPS) is 16.8. The van der Waals surface area contributed by atoms with Crippen LogP contribution in [-0.4, -0.2) is 69.3 Å². The second-order valence-electron chi connectivity index (χ2n) is 8.80. The molecule has 1 heterocycles. The number of amidine groups is 1. The number of carboxylic acid groups (broad SMARTS) is 1. The van der Waals surface area contributed by atoms with Crippen molar-refractivity contribution in [2.45, 2.75) is 24.9 Å². The van der Waals surface area contributed by atoms with Crippen molar-refractivity contribution in [3.63, 3.8) is 0 Å². The first kappa shape index (κ1) is 26.9. The van der Waals surface area contributed by atoms with Crippen molar-refractivity contribution in [1.29, 1.82) is 5.41 Å². The molecular formula is C26H28N4O7S. The molecule has 1 saturated heterocycles. The number of likely N-dealkylation sites (tertiary alicyclic amines) is 1. The topological polar surface area (TPSA) is 166 Å². The molecule has 1 amide bonds. The lowest BCUT2D eigenvalue weighted by Gasteiger charge is -2.28. The number of nitrogen functional groups attached to an aromatic ring is 1. The zero-order valence-corrected chi connectivity index (χ0v) is 21.6. The number of ether oxygens (including phenoxy) is 2. The minimum atomic E-state index is -2.58. The van der Waals surface area contributed by atoms with Gasteiger partial charge in [0.05, 0.1) is 19.9 Å². The summed E-state index contributed by atoms with van der Waals surface area (Å²) >= 11 is -2.58. The van der Waals surface area contributed by atoms with E-state index in [1.807, 2.05) is 0 Å².